The number of nitrogens with zero attached hydrogens (tertiary/aromatic N) is 1. The molecule has 6 aromatic rings. The first-order valence-corrected chi connectivity index (χ1v) is 13.2. The third kappa shape index (κ3) is 4.06. The van der Waals surface area contributed by atoms with Crippen molar-refractivity contribution in [2.24, 2.45) is 0 Å². The fourth-order valence-electron chi connectivity index (χ4n) is 5.08. The van der Waals surface area contributed by atoms with E-state index in [4.69, 9.17) is 0 Å². The van der Waals surface area contributed by atoms with Crippen LogP contribution in [0.4, 0.5) is 0 Å². The van der Waals surface area contributed by atoms with Gasteiger partial charge in [-0.05, 0) is 81.8 Å². The largest absolute Gasteiger partial charge is 0.309 e. The van der Waals surface area contributed by atoms with Crippen LogP contribution < -0.4 is 0 Å². The Morgan fingerprint density at radius 2 is 1.06 bits per heavy atom. The van der Waals surface area contributed by atoms with Crippen LogP contribution in [0.5, 0.6) is 0 Å². The molecular formula is C34H28BrN. The molecule has 1 aromatic heterocycles. The Kier molecular flexibility index (Phi) is 5.58. The second-order valence-electron chi connectivity index (χ2n) is 10.5. The summed E-state index contributed by atoms with van der Waals surface area (Å²) in [5, 5.41) is 2.54. The molecule has 0 unspecified atom stereocenters. The number of halogens is 1. The molecular weight excluding hydrogens is 502 g/mol. The van der Waals surface area contributed by atoms with E-state index in [0.29, 0.717) is 0 Å². The first-order chi connectivity index (χ1) is 17.4. The van der Waals surface area contributed by atoms with Crippen LogP contribution >= 0.6 is 15.9 Å². The summed E-state index contributed by atoms with van der Waals surface area (Å²) < 4.78 is 3.51. The smallest absolute Gasteiger partial charge is 0.0541 e. The average Bonchev–Trinajstić information content (AvgIpc) is 3.22. The van der Waals surface area contributed by atoms with Gasteiger partial charge in [0.15, 0.2) is 0 Å². The Bertz CT molecular complexity index is 1650. The predicted molar refractivity (Wildman–Crippen MR) is 158 cm³/mol. The normalized spacial score (nSPS) is 11.9. The fourth-order valence-corrected chi connectivity index (χ4v) is 5.44. The lowest BCUT2D eigenvalue weighted by Gasteiger charge is -2.19. The molecule has 1 heterocycles. The molecule has 0 N–H and O–H groups in total. The van der Waals surface area contributed by atoms with E-state index in [-0.39, 0.29) is 5.41 Å². The molecule has 0 aliphatic rings. The maximum Gasteiger partial charge on any atom is 0.0541 e. The molecule has 6 rings (SSSR count). The fraction of sp³-hybridized carbons (Fsp3) is 0.118. The van der Waals surface area contributed by atoms with Crippen LogP contribution in [0.2, 0.25) is 0 Å². The van der Waals surface area contributed by atoms with Crippen LogP contribution in [0.15, 0.2) is 120 Å². The van der Waals surface area contributed by atoms with E-state index in [1.54, 1.807) is 0 Å². The lowest BCUT2D eigenvalue weighted by molar-refractivity contribution is 0.591. The molecule has 2 heteroatoms. The summed E-state index contributed by atoms with van der Waals surface area (Å²) in [5.41, 5.74) is 9.89. The molecule has 0 radical (unpaired) electrons. The molecule has 0 saturated heterocycles. The summed E-state index contributed by atoms with van der Waals surface area (Å²) in [6.45, 7) is 6.83. The van der Waals surface area contributed by atoms with Crippen molar-refractivity contribution >= 4 is 37.7 Å². The Labute approximate surface area is 221 Å². The topological polar surface area (TPSA) is 4.93 Å². The Morgan fingerprint density at radius 3 is 1.61 bits per heavy atom. The summed E-state index contributed by atoms with van der Waals surface area (Å²) in [6, 6.07) is 41.8. The number of hydrogen-bond donors (Lipinski definition) is 0. The quantitative estimate of drug-likeness (QED) is 0.215. The van der Waals surface area contributed by atoms with Crippen LogP contribution in [-0.4, -0.2) is 4.57 Å². The first kappa shape index (κ1) is 22.8. The Hall–Kier alpha value is -3.62. The van der Waals surface area contributed by atoms with Crippen molar-refractivity contribution in [3.8, 4) is 27.9 Å². The molecule has 176 valence electrons. The van der Waals surface area contributed by atoms with E-state index >= 15 is 0 Å². The number of rotatable bonds is 3. The lowest BCUT2D eigenvalue weighted by atomic mass is 9.86. The van der Waals surface area contributed by atoms with Gasteiger partial charge in [0.2, 0.25) is 0 Å². The van der Waals surface area contributed by atoms with Crippen molar-refractivity contribution in [3.63, 3.8) is 0 Å². The summed E-state index contributed by atoms with van der Waals surface area (Å²) in [4.78, 5) is 0. The van der Waals surface area contributed by atoms with Gasteiger partial charge in [-0.3, -0.25) is 0 Å². The van der Waals surface area contributed by atoms with Crippen molar-refractivity contribution in [2.75, 3.05) is 0 Å². The number of aromatic nitrogens is 1. The van der Waals surface area contributed by atoms with Gasteiger partial charge in [0, 0.05) is 20.9 Å². The molecule has 1 nitrogen and oxygen atoms in total. The highest BCUT2D eigenvalue weighted by atomic mass is 79.9. The number of hydrogen-bond acceptors (Lipinski definition) is 0. The molecule has 0 aliphatic carbocycles. The minimum absolute atomic E-state index is 0.0856. The van der Waals surface area contributed by atoms with E-state index in [9.17, 15) is 0 Å². The summed E-state index contributed by atoms with van der Waals surface area (Å²) in [6.07, 6.45) is 0. The van der Waals surface area contributed by atoms with Crippen LogP contribution in [0.1, 0.15) is 26.3 Å². The monoisotopic (exact) mass is 529 g/mol. The Morgan fingerprint density at radius 1 is 0.528 bits per heavy atom. The third-order valence-corrected chi connectivity index (χ3v) is 7.48. The average molecular weight is 531 g/mol. The van der Waals surface area contributed by atoms with E-state index in [2.05, 4.69) is 157 Å². The molecule has 5 aromatic carbocycles. The minimum atomic E-state index is 0.0856. The highest BCUT2D eigenvalue weighted by Gasteiger charge is 2.19. The third-order valence-electron chi connectivity index (χ3n) is 6.98. The summed E-state index contributed by atoms with van der Waals surface area (Å²) in [7, 11) is 0. The minimum Gasteiger partial charge on any atom is -0.309 e. The highest BCUT2D eigenvalue weighted by Crippen LogP contribution is 2.38. The van der Waals surface area contributed by atoms with E-state index < -0.39 is 0 Å². The van der Waals surface area contributed by atoms with Gasteiger partial charge in [-0.15, -0.1) is 0 Å². The zero-order valence-corrected chi connectivity index (χ0v) is 22.4. The van der Waals surface area contributed by atoms with Gasteiger partial charge in [0.05, 0.1) is 11.0 Å². The lowest BCUT2D eigenvalue weighted by Crippen LogP contribution is -2.10. The van der Waals surface area contributed by atoms with E-state index in [1.165, 1.54) is 55.3 Å². The second-order valence-corrected chi connectivity index (χ2v) is 11.4. The van der Waals surface area contributed by atoms with Gasteiger partial charge in [-0.2, -0.15) is 0 Å². The number of benzene rings is 5. The Balaban J connectivity index is 1.69. The molecule has 0 fully saturated rings. The summed E-state index contributed by atoms with van der Waals surface area (Å²) in [5.74, 6) is 0. The molecule has 36 heavy (non-hydrogen) atoms. The van der Waals surface area contributed by atoms with E-state index in [1.807, 2.05) is 0 Å². The molecule has 0 spiro atoms. The van der Waals surface area contributed by atoms with Gasteiger partial charge in [0.25, 0.3) is 0 Å². The van der Waals surface area contributed by atoms with Crippen LogP contribution in [0.3, 0.4) is 0 Å². The van der Waals surface area contributed by atoms with E-state index in [0.717, 1.165) is 4.47 Å². The first-order valence-electron chi connectivity index (χ1n) is 12.4. The zero-order chi connectivity index (χ0) is 24.9. The van der Waals surface area contributed by atoms with Crippen molar-refractivity contribution in [2.45, 2.75) is 26.2 Å². The van der Waals surface area contributed by atoms with Gasteiger partial charge >= 0.3 is 0 Å². The summed E-state index contributed by atoms with van der Waals surface area (Å²) >= 11 is 3.72. The molecule has 0 aliphatic heterocycles. The van der Waals surface area contributed by atoms with Gasteiger partial charge in [0.1, 0.15) is 0 Å². The molecule has 0 amide bonds. The van der Waals surface area contributed by atoms with Crippen LogP contribution in [-0.2, 0) is 5.41 Å². The van der Waals surface area contributed by atoms with Crippen molar-refractivity contribution in [1.29, 1.82) is 0 Å². The highest BCUT2D eigenvalue weighted by molar-refractivity contribution is 9.10. The van der Waals surface area contributed by atoms with Crippen molar-refractivity contribution < 1.29 is 0 Å². The SMILES string of the molecule is CC(C)(C)c1ccc2c(c1)c1cc(Br)ccc1n2-c1cc(-c2ccccc2)cc(-c2ccccc2)c1. The van der Waals surface area contributed by atoms with Crippen molar-refractivity contribution in [3.05, 3.63) is 125 Å². The zero-order valence-electron chi connectivity index (χ0n) is 20.8. The molecule has 0 atom stereocenters. The molecule has 0 saturated carbocycles. The second kappa shape index (κ2) is 8.80. The van der Waals surface area contributed by atoms with Gasteiger partial charge < -0.3 is 4.57 Å². The maximum atomic E-state index is 3.72. The van der Waals surface area contributed by atoms with Crippen LogP contribution in [0, 0.1) is 0 Å². The number of fused-ring (bicyclic) bond motifs is 3. The molecule has 0 bridgehead atoms. The predicted octanol–water partition coefficient (Wildman–Crippen LogP) is 10.2. The van der Waals surface area contributed by atoms with Crippen LogP contribution in [0.25, 0.3) is 49.7 Å². The maximum absolute atomic E-state index is 3.72. The standard InChI is InChI=1S/C34H28BrN/c1-34(2,3)27-14-16-32-30(21-27)31-22-28(35)15-17-33(31)36(32)29-19-25(23-10-6-4-7-11-23)18-26(20-29)24-12-8-5-9-13-24/h4-22H,1-3H3. The van der Waals surface area contributed by atoms with Gasteiger partial charge in [-0.1, -0.05) is 103 Å². The van der Waals surface area contributed by atoms with Gasteiger partial charge in [-0.25, -0.2) is 0 Å². The van der Waals surface area contributed by atoms with Crippen molar-refractivity contribution in [1.82, 2.24) is 4.57 Å².